The number of benzene rings is 1. The maximum atomic E-state index is 12.7. The molecule has 0 spiro atoms. The molecule has 2 amide bonds. The number of aromatic nitrogens is 2. The zero-order valence-corrected chi connectivity index (χ0v) is 17.5. The highest BCUT2D eigenvalue weighted by molar-refractivity contribution is 7.14. The predicted molar refractivity (Wildman–Crippen MR) is 111 cm³/mol. The van der Waals surface area contributed by atoms with Crippen LogP contribution in [0.3, 0.4) is 0 Å². The number of hydrogen-bond acceptors (Lipinski definition) is 5. The highest BCUT2D eigenvalue weighted by Crippen LogP contribution is 2.22. The lowest BCUT2D eigenvalue weighted by molar-refractivity contribution is -0.117. The Balaban J connectivity index is 1.73. The van der Waals surface area contributed by atoms with E-state index in [0.717, 1.165) is 22.5 Å². The lowest BCUT2D eigenvalue weighted by Gasteiger charge is -2.07. The van der Waals surface area contributed by atoms with Crippen molar-refractivity contribution in [2.24, 2.45) is 0 Å². The van der Waals surface area contributed by atoms with Crippen LogP contribution < -0.4 is 10.9 Å². The standard InChI is InChI=1S/C21H22N4O3S/c1-5-16-12(2)11-17(29-16)20(27)22-23-21(28)19(26)18-13(3)24-25(14(18)4)15-9-7-6-8-10-15/h6-11H,5H2,1-4H3,(H,22,27)(H,23,28). The highest BCUT2D eigenvalue weighted by Gasteiger charge is 2.25. The van der Waals surface area contributed by atoms with Crippen molar-refractivity contribution in [1.82, 2.24) is 20.6 Å². The van der Waals surface area contributed by atoms with E-state index in [-0.39, 0.29) is 5.56 Å². The quantitative estimate of drug-likeness (QED) is 0.384. The van der Waals surface area contributed by atoms with E-state index >= 15 is 0 Å². The fourth-order valence-corrected chi connectivity index (χ4v) is 4.13. The minimum Gasteiger partial charge on any atom is -0.283 e. The molecule has 7 nitrogen and oxygen atoms in total. The Morgan fingerprint density at radius 2 is 1.76 bits per heavy atom. The molecule has 2 aromatic heterocycles. The van der Waals surface area contributed by atoms with Crippen LogP contribution in [0.2, 0.25) is 0 Å². The summed E-state index contributed by atoms with van der Waals surface area (Å²) < 4.78 is 1.62. The molecule has 0 fully saturated rings. The number of carbonyl (C=O) groups is 3. The third kappa shape index (κ3) is 4.12. The van der Waals surface area contributed by atoms with Gasteiger partial charge in [0, 0.05) is 4.88 Å². The molecule has 1 aromatic carbocycles. The van der Waals surface area contributed by atoms with Gasteiger partial charge in [0.05, 0.1) is 27.5 Å². The van der Waals surface area contributed by atoms with Gasteiger partial charge in [-0.25, -0.2) is 4.68 Å². The zero-order chi connectivity index (χ0) is 21.1. The molecule has 0 radical (unpaired) electrons. The van der Waals surface area contributed by atoms with E-state index in [4.69, 9.17) is 0 Å². The molecule has 29 heavy (non-hydrogen) atoms. The fraction of sp³-hybridized carbons (Fsp3) is 0.238. The SMILES string of the molecule is CCc1sc(C(=O)NNC(=O)C(=O)c2c(C)nn(-c3ccccc3)c2C)cc1C. The van der Waals surface area contributed by atoms with Gasteiger partial charge in [0.2, 0.25) is 0 Å². The second kappa shape index (κ2) is 8.40. The van der Waals surface area contributed by atoms with Crippen molar-refractivity contribution in [3.05, 3.63) is 68.7 Å². The topological polar surface area (TPSA) is 93.1 Å². The summed E-state index contributed by atoms with van der Waals surface area (Å²) in [5.41, 5.74) is 7.57. The van der Waals surface area contributed by atoms with E-state index < -0.39 is 17.6 Å². The Hall–Kier alpha value is -3.26. The van der Waals surface area contributed by atoms with Crippen molar-refractivity contribution < 1.29 is 14.4 Å². The first-order chi connectivity index (χ1) is 13.8. The van der Waals surface area contributed by atoms with Gasteiger partial charge in [0.15, 0.2) is 0 Å². The molecular formula is C21H22N4O3S. The molecular weight excluding hydrogens is 388 g/mol. The van der Waals surface area contributed by atoms with E-state index in [1.54, 1.807) is 24.6 Å². The van der Waals surface area contributed by atoms with Crippen LogP contribution in [0.4, 0.5) is 0 Å². The molecule has 2 N–H and O–H groups in total. The van der Waals surface area contributed by atoms with Crippen molar-refractivity contribution in [3.8, 4) is 5.69 Å². The Labute approximate surface area is 172 Å². The maximum absolute atomic E-state index is 12.7. The Morgan fingerprint density at radius 1 is 1.07 bits per heavy atom. The molecule has 3 rings (SSSR count). The number of rotatable bonds is 5. The van der Waals surface area contributed by atoms with Gasteiger partial charge in [-0.15, -0.1) is 11.3 Å². The van der Waals surface area contributed by atoms with Crippen molar-refractivity contribution in [3.63, 3.8) is 0 Å². The van der Waals surface area contributed by atoms with E-state index in [2.05, 4.69) is 16.0 Å². The Kier molecular flexibility index (Phi) is 5.93. The molecule has 0 saturated carbocycles. The number of ketones is 1. The minimum absolute atomic E-state index is 0.223. The average Bonchev–Trinajstić information content (AvgIpc) is 3.24. The van der Waals surface area contributed by atoms with Gasteiger partial charge in [-0.2, -0.15) is 5.10 Å². The number of nitrogens with zero attached hydrogens (tertiary/aromatic N) is 2. The lowest BCUT2D eigenvalue weighted by atomic mass is 10.1. The summed E-state index contributed by atoms with van der Waals surface area (Å²) in [4.78, 5) is 38.9. The van der Waals surface area contributed by atoms with Crippen LogP contribution in [-0.4, -0.2) is 27.4 Å². The van der Waals surface area contributed by atoms with Gasteiger partial charge >= 0.3 is 5.91 Å². The average molecular weight is 410 g/mol. The van der Waals surface area contributed by atoms with Crippen LogP contribution in [0, 0.1) is 20.8 Å². The van der Waals surface area contributed by atoms with E-state index in [1.807, 2.05) is 44.2 Å². The monoisotopic (exact) mass is 410 g/mol. The smallest absolute Gasteiger partial charge is 0.283 e. The van der Waals surface area contributed by atoms with E-state index in [9.17, 15) is 14.4 Å². The molecule has 0 aliphatic rings. The van der Waals surface area contributed by atoms with Crippen LogP contribution in [0.5, 0.6) is 0 Å². The van der Waals surface area contributed by atoms with Crippen molar-refractivity contribution >= 4 is 28.9 Å². The summed E-state index contributed by atoms with van der Waals surface area (Å²) in [5.74, 6) is -2.12. The first kappa shape index (κ1) is 20.5. The van der Waals surface area contributed by atoms with Crippen molar-refractivity contribution in [2.75, 3.05) is 0 Å². The van der Waals surface area contributed by atoms with Gasteiger partial charge in [-0.1, -0.05) is 25.1 Å². The normalized spacial score (nSPS) is 10.6. The van der Waals surface area contributed by atoms with Gasteiger partial charge in [0.25, 0.3) is 11.7 Å². The van der Waals surface area contributed by atoms with Gasteiger partial charge in [-0.05, 0) is 51.0 Å². The first-order valence-electron chi connectivity index (χ1n) is 9.19. The summed E-state index contributed by atoms with van der Waals surface area (Å²) in [5, 5.41) is 4.38. The third-order valence-corrected chi connectivity index (χ3v) is 5.96. The molecule has 8 heteroatoms. The van der Waals surface area contributed by atoms with Gasteiger partial charge in [0.1, 0.15) is 0 Å². The largest absolute Gasteiger partial charge is 0.310 e. The van der Waals surface area contributed by atoms with Gasteiger partial charge in [-0.3, -0.25) is 25.2 Å². The van der Waals surface area contributed by atoms with Crippen LogP contribution in [0.1, 0.15) is 48.8 Å². The van der Waals surface area contributed by atoms with Crippen LogP contribution in [-0.2, 0) is 11.2 Å². The number of nitrogens with one attached hydrogen (secondary N) is 2. The number of hydrogen-bond donors (Lipinski definition) is 2. The summed E-state index contributed by atoms with van der Waals surface area (Å²) in [6, 6.07) is 11.1. The fourth-order valence-electron chi connectivity index (χ4n) is 3.12. The molecule has 0 atom stereocenters. The number of carbonyl (C=O) groups excluding carboxylic acids is 3. The minimum atomic E-state index is -0.916. The lowest BCUT2D eigenvalue weighted by Crippen LogP contribution is -2.44. The third-order valence-electron chi connectivity index (χ3n) is 4.58. The number of para-hydroxylation sites is 1. The summed E-state index contributed by atoms with van der Waals surface area (Å²) in [6.07, 6.45) is 0.832. The number of thiophene rings is 1. The second-order valence-corrected chi connectivity index (χ2v) is 7.74. The number of aryl methyl sites for hydroxylation is 3. The number of amides is 2. The van der Waals surface area contributed by atoms with Crippen molar-refractivity contribution in [2.45, 2.75) is 34.1 Å². The molecule has 0 bridgehead atoms. The van der Waals surface area contributed by atoms with Crippen molar-refractivity contribution in [1.29, 1.82) is 0 Å². The molecule has 3 aromatic rings. The highest BCUT2D eigenvalue weighted by atomic mass is 32.1. The first-order valence-corrected chi connectivity index (χ1v) is 10.0. The van der Waals surface area contributed by atoms with Crippen LogP contribution in [0.25, 0.3) is 5.69 Å². The molecule has 0 aliphatic heterocycles. The van der Waals surface area contributed by atoms with Gasteiger partial charge < -0.3 is 0 Å². The summed E-state index contributed by atoms with van der Waals surface area (Å²) >= 11 is 1.37. The number of hydrazine groups is 1. The molecule has 2 heterocycles. The van der Waals surface area contributed by atoms with Crippen LogP contribution >= 0.6 is 11.3 Å². The Morgan fingerprint density at radius 3 is 2.38 bits per heavy atom. The molecule has 0 saturated heterocycles. The zero-order valence-electron chi connectivity index (χ0n) is 16.7. The van der Waals surface area contributed by atoms with E-state index in [1.165, 1.54) is 11.3 Å². The summed E-state index contributed by atoms with van der Waals surface area (Å²) in [7, 11) is 0. The molecule has 0 aliphatic carbocycles. The Bertz CT molecular complexity index is 1080. The molecule has 0 unspecified atom stereocenters. The summed E-state index contributed by atoms with van der Waals surface area (Å²) in [6.45, 7) is 7.35. The van der Waals surface area contributed by atoms with Crippen LogP contribution in [0.15, 0.2) is 36.4 Å². The number of Topliss-reactive ketones (excluding diaryl/α,β-unsaturated/α-hetero) is 1. The second-order valence-electron chi connectivity index (χ2n) is 6.60. The maximum Gasteiger partial charge on any atom is 0.310 e. The predicted octanol–water partition coefficient (Wildman–Crippen LogP) is 3.07. The molecule has 150 valence electrons. The van der Waals surface area contributed by atoms with E-state index in [0.29, 0.717) is 16.3 Å².